The van der Waals surface area contributed by atoms with Gasteiger partial charge < -0.3 is 11.1 Å². The standard InChI is InChI=1S/C14H15FN2/c1-9-6-11(15)8-12(7-9)17-14-5-3-4-13(16)10(14)2/h3-8,17H,16H2,1-2H3. The smallest absolute Gasteiger partial charge is 0.125 e. The van der Waals surface area contributed by atoms with Crippen LogP contribution in [0.5, 0.6) is 0 Å². The first-order chi connectivity index (χ1) is 8.06. The number of nitrogens with two attached hydrogens (primary N) is 1. The zero-order chi connectivity index (χ0) is 12.4. The number of nitrogen functional groups attached to an aromatic ring is 1. The molecule has 0 aromatic heterocycles. The number of nitrogens with one attached hydrogen (secondary N) is 1. The quantitative estimate of drug-likeness (QED) is 0.771. The molecule has 0 heterocycles. The Labute approximate surface area is 100 Å². The van der Waals surface area contributed by atoms with Crippen molar-refractivity contribution in [3.8, 4) is 0 Å². The predicted octanol–water partition coefficient (Wildman–Crippen LogP) is 3.77. The summed E-state index contributed by atoms with van der Waals surface area (Å²) in [6.07, 6.45) is 0. The highest BCUT2D eigenvalue weighted by atomic mass is 19.1. The van der Waals surface area contributed by atoms with E-state index in [0.29, 0.717) is 0 Å². The number of anilines is 3. The van der Waals surface area contributed by atoms with Crippen molar-refractivity contribution in [1.29, 1.82) is 0 Å². The Morgan fingerprint density at radius 1 is 1.12 bits per heavy atom. The second-order valence-electron chi connectivity index (χ2n) is 4.16. The lowest BCUT2D eigenvalue weighted by Gasteiger charge is -2.11. The van der Waals surface area contributed by atoms with E-state index in [1.54, 1.807) is 0 Å². The second kappa shape index (κ2) is 4.45. The summed E-state index contributed by atoms with van der Waals surface area (Å²) < 4.78 is 13.2. The minimum Gasteiger partial charge on any atom is -0.398 e. The minimum absolute atomic E-state index is 0.242. The van der Waals surface area contributed by atoms with Gasteiger partial charge in [-0.1, -0.05) is 6.07 Å². The highest BCUT2D eigenvalue weighted by Gasteiger charge is 2.03. The lowest BCUT2D eigenvalue weighted by atomic mass is 10.1. The summed E-state index contributed by atoms with van der Waals surface area (Å²) in [5, 5.41) is 3.17. The molecule has 0 unspecified atom stereocenters. The van der Waals surface area contributed by atoms with Gasteiger partial charge in [0, 0.05) is 17.1 Å². The van der Waals surface area contributed by atoms with Gasteiger partial charge in [0.15, 0.2) is 0 Å². The molecular weight excluding hydrogens is 215 g/mol. The van der Waals surface area contributed by atoms with Crippen molar-refractivity contribution < 1.29 is 4.39 Å². The first-order valence-corrected chi connectivity index (χ1v) is 5.45. The summed E-state index contributed by atoms with van der Waals surface area (Å²) in [6, 6.07) is 10.5. The fraction of sp³-hybridized carbons (Fsp3) is 0.143. The van der Waals surface area contributed by atoms with E-state index >= 15 is 0 Å². The Balaban J connectivity index is 2.34. The first kappa shape index (κ1) is 11.5. The van der Waals surface area contributed by atoms with Gasteiger partial charge in [-0.05, 0) is 55.3 Å². The number of benzene rings is 2. The van der Waals surface area contributed by atoms with Crippen LogP contribution in [0.4, 0.5) is 21.5 Å². The lowest BCUT2D eigenvalue weighted by molar-refractivity contribution is 0.627. The summed E-state index contributed by atoms with van der Waals surface area (Å²) in [4.78, 5) is 0. The highest BCUT2D eigenvalue weighted by Crippen LogP contribution is 2.25. The molecule has 3 heteroatoms. The molecule has 2 aromatic rings. The van der Waals surface area contributed by atoms with E-state index in [9.17, 15) is 4.39 Å². The van der Waals surface area contributed by atoms with Gasteiger partial charge in [0.2, 0.25) is 0 Å². The topological polar surface area (TPSA) is 38.0 Å². The van der Waals surface area contributed by atoms with Crippen molar-refractivity contribution in [2.45, 2.75) is 13.8 Å². The van der Waals surface area contributed by atoms with E-state index in [4.69, 9.17) is 5.73 Å². The van der Waals surface area contributed by atoms with Gasteiger partial charge in [0.25, 0.3) is 0 Å². The average molecular weight is 230 g/mol. The van der Waals surface area contributed by atoms with Crippen LogP contribution < -0.4 is 11.1 Å². The average Bonchev–Trinajstić information content (AvgIpc) is 2.23. The van der Waals surface area contributed by atoms with E-state index in [1.807, 2.05) is 38.1 Å². The molecule has 0 atom stereocenters. The van der Waals surface area contributed by atoms with Crippen molar-refractivity contribution in [3.63, 3.8) is 0 Å². The van der Waals surface area contributed by atoms with Crippen LogP contribution >= 0.6 is 0 Å². The number of halogens is 1. The van der Waals surface area contributed by atoms with Crippen molar-refractivity contribution in [2.24, 2.45) is 0 Å². The largest absolute Gasteiger partial charge is 0.398 e. The van der Waals surface area contributed by atoms with Gasteiger partial charge in [-0.15, -0.1) is 0 Å². The highest BCUT2D eigenvalue weighted by molar-refractivity contribution is 5.69. The Hall–Kier alpha value is -2.03. The number of hydrogen-bond donors (Lipinski definition) is 2. The summed E-state index contributed by atoms with van der Waals surface area (Å²) in [6.45, 7) is 3.80. The van der Waals surface area contributed by atoms with E-state index in [2.05, 4.69) is 5.32 Å². The van der Waals surface area contributed by atoms with E-state index < -0.39 is 0 Å². The molecule has 0 spiro atoms. The zero-order valence-corrected chi connectivity index (χ0v) is 9.92. The SMILES string of the molecule is Cc1cc(F)cc(Nc2cccc(N)c2C)c1. The fourth-order valence-corrected chi connectivity index (χ4v) is 1.75. The maximum atomic E-state index is 13.2. The van der Waals surface area contributed by atoms with Crippen molar-refractivity contribution in [2.75, 3.05) is 11.1 Å². The second-order valence-corrected chi connectivity index (χ2v) is 4.16. The van der Waals surface area contributed by atoms with Crippen LogP contribution in [0.1, 0.15) is 11.1 Å². The van der Waals surface area contributed by atoms with E-state index in [0.717, 1.165) is 28.2 Å². The van der Waals surface area contributed by atoms with Crippen LogP contribution in [0.3, 0.4) is 0 Å². The maximum Gasteiger partial charge on any atom is 0.125 e. The molecule has 0 saturated heterocycles. The van der Waals surface area contributed by atoms with E-state index in [-0.39, 0.29) is 5.82 Å². The molecule has 0 fully saturated rings. The van der Waals surface area contributed by atoms with Gasteiger partial charge in [-0.25, -0.2) is 4.39 Å². The molecule has 3 N–H and O–H groups in total. The number of rotatable bonds is 2. The van der Waals surface area contributed by atoms with Crippen molar-refractivity contribution in [3.05, 3.63) is 53.3 Å². The number of aryl methyl sites for hydroxylation is 1. The van der Waals surface area contributed by atoms with Crippen LogP contribution in [0.25, 0.3) is 0 Å². The normalized spacial score (nSPS) is 10.3. The summed E-state index contributed by atoms with van der Waals surface area (Å²) >= 11 is 0. The summed E-state index contributed by atoms with van der Waals surface area (Å²) in [5.41, 5.74) is 10.0. The zero-order valence-electron chi connectivity index (χ0n) is 9.92. The molecule has 0 bridgehead atoms. The van der Waals surface area contributed by atoms with Crippen LogP contribution in [-0.4, -0.2) is 0 Å². The molecule has 0 amide bonds. The molecule has 2 aromatic carbocycles. The Kier molecular flexibility index (Phi) is 3.00. The van der Waals surface area contributed by atoms with Crippen LogP contribution in [0.15, 0.2) is 36.4 Å². The third kappa shape index (κ3) is 2.56. The molecule has 88 valence electrons. The Morgan fingerprint density at radius 3 is 2.59 bits per heavy atom. The van der Waals surface area contributed by atoms with Crippen LogP contribution in [0.2, 0.25) is 0 Å². The lowest BCUT2D eigenvalue weighted by Crippen LogP contribution is -1.97. The van der Waals surface area contributed by atoms with Gasteiger partial charge in [-0.2, -0.15) is 0 Å². The summed E-state index contributed by atoms with van der Waals surface area (Å²) in [7, 11) is 0. The minimum atomic E-state index is -0.242. The van der Waals surface area contributed by atoms with Crippen LogP contribution in [0, 0.1) is 19.7 Å². The monoisotopic (exact) mass is 230 g/mol. The van der Waals surface area contributed by atoms with Gasteiger partial charge >= 0.3 is 0 Å². The predicted molar refractivity (Wildman–Crippen MR) is 70.0 cm³/mol. The first-order valence-electron chi connectivity index (χ1n) is 5.45. The molecule has 17 heavy (non-hydrogen) atoms. The third-order valence-corrected chi connectivity index (χ3v) is 2.70. The fourth-order valence-electron chi connectivity index (χ4n) is 1.75. The van der Waals surface area contributed by atoms with Crippen molar-refractivity contribution in [1.82, 2.24) is 0 Å². The molecule has 2 nitrogen and oxygen atoms in total. The molecular formula is C14H15FN2. The Bertz CT molecular complexity index is 530. The van der Waals surface area contributed by atoms with Crippen molar-refractivity contribution >= 4 is 17.1 Å². The molecule has 0 aliphatic carbocycles. The molecule has 0 saturated carbocycles. The molecule has 2 rings (SSSR count). The molecule has 0 aliphatic rings. The van der Waals surface area contributed by atoms with Gasteiger partial charge in [0.1, 0.15) is 5.82 Å². The maximum absolute atomic E-state index is 13.2. The van der Waals surface area contributed by atoms with E-state index in [1.165, 1.54) is 12.1 Å². The van der Waals surface area contributed by atoms with Crippen LogP contribution in [-0.2, 0) is 0 Å². The summed E-state index contributed by atoms with van der Waals surface area (Å²) in [5.74, 6) is -0.242. The number of hydrogen-bond acceptors (Lipinski definition) is 2. The van der Waals surface area contributed by atoms with Gasteiger partial charge in [-0.3, -0.25) is 0 Å². The Morgan fingerprint density at radius 2 is 1.88 bits per heavy atom. The molecule has 0 radical (unpaired) electrons. The third-order valence-electron chi connectivity index (χ3n) is 2.70. The van der Waals surface area contributed by atoms with Gasteiger partial charge in [0.05, 0.1) is 0 Å². The molecule has 0 aliphatic heterocycles.